The Kier molecular flexibility index (Phi) is 4.06. The molecule has 1 heterocycles. The zero-order valence-corrected chi connectivity index (χ0v) is 12.5. The summed E-state index contributed by atoms with van der Waals surface area (Å²) < 4.78 is 6.37. The van der Waals surface area contributed by atoms with Crippen LogP contribution in [0.1, 0.15) is 18.9 Å². The van der Waals surface area contributed by atoms with E-state index in [4.69, 9.17) is 4.74 Å². The SMILES string of the molecule is COc1ccc(Br)cc1CC1(O)CSC(C)C1. The van der Waals surface area contributed by atoms with Crippen LogP contribution in [-0.2, 0) is 6.42 Å². The van der Waals surface area contributed by atoms with Gasteiger partial charge in [0.2, 0.25) is 0 Å². The van der Waals surface area contributed by atoms with Crippen LogP contribution in [0.3, 0.4) is 0 Å². The second-order valence-electron chi connectivity index (χ2n) is 4.68. The summed E-state index contributed by atoms with van der Waals surface area (Å²) in [7, 11) is 1.67. The molecular weight excluding hydrogens is 300 g/mol. The quantitative estimate of drug-likeness (QED) is 0.928. The number of thioether (sulfide) groups is 1. The molecule has 1 aliphatic rings. The highest BCUT2D eigenvalue weighted by atomic mass is 79.9. The Bertz CT molecular complexity index is 410. The third kappa shape index (κ3) is 3.18. The molecule has 1 aromatic rings. The van der Waals surface area contributed by atoms with Gasteiger partial charge in [-0.3, -0.25) is 0 Å². The lowest BCUT2D eigenvalue weighted by atomic mass is 9.92. The molecule has 1 fully saturated rings. The van der Waals surface area contributed by atoms with Crippen molar-refractivity contribution in [3.8, 4) is 5.75 Å². The Morgan fingerprint density at radius 1 is 1.59 bits per heavy atom. The Morgan fingerprint density at radius 3 is 2.94 bits per heavy atom. The number of benzene rings is 1. The van der Waals surface area contributed by atoms with Crippen LogP contribution >= 0.6 is 27.7 Å². The summed E-state index contributed by atoms with van der Waals surface area (Å²) in [5.41, 5.74) is 0.483. The van der Waals surface area contributed by atoms with Crippen molar-refractivity contribution in [2.75, 3.05) is 12.9 Å². The number of hydrogen-bond donors (Lipinski definition) is 1. The molecule has 1 aliphatic heterocycles. The minimum atomic E-state index is -0.585. The van der Waals surface area contributed by atoms with Gasteiger partial charge in [-0.15, -0.1) is 0 Å². The molecule has 0 aromatic heterocycles. The number of hydrogen-bond acceptors (Lipinski definition) is 3. The molecule has 2 rings (SSSR count). The first-order valence-electron chi connectivity index (χ1n) is 5.69. The van der Waals surface area contributed by atoms with Crippen molar-refractivity contribution in [1.29, 1.82) is 0 Å². The van der Waals surface area contributed by atoms with Gasteiger partial charge in [0, 0.05) is 21.9 Å². The molecule has 2 nitrogen and oxygen atoms in total. The molecule has 0 radical (unpaired) electrons. The van der Waals surface area contributed by atoms with Crippen molar-refractivity contribution in [3.05, 3.63) is 28.2 Å². The molecule has 94 valence electrons. The lowest BCUT2D eigenvalue weighted by Crippen LogP contribution is -2.31. The molecule has 0 amide bonds. The van der Waals surface area contributed by atoms with Crippen molar-refractivity contribution >= 4 is 27.7 Å². The summed E-state index contributed by atoms with van der Waals surface area (Å²) in [6, 6.07) is 5.93. The van der Waals surface area contributed by atoms with Gasteiger partial charge in [-0.25, -0.2) is 0 Å². The molecule has 0 saturated carbocycles. The number of ether oxygens (including phenoxy) is 1. The van der Waals surface area contributed by atoms with Crippen LogP contribution in [0, 0.1) is 0 Å². The summed E-state index contributed by atoms with van der Waals surface area (Å²) in [5, 5.41) is 11.1. The van der Waals surface area contributed by atoms with Gasteiger partial charge in [0.1, 0.15) is 5.75 Å². The van der Waals surface area contributed by atoms with Gasteiger partial charge in [-0.2, -0.15) is 11.8 Å². The predicted octanol–water partition coefficient (Wildman–Crippen LogP) is 3.26. The first kappa shape index (κ1) is 13.2. The molecule has 0 aliphatic carbocycles. The highest BCUT2D eigenvalue weighted by Gasteiger charge is 2.36. The van der Waals surface area contributed by atoms with Crippen LogP contribution in [-0.4, -0.2) is 28.8 Å². The van der Waals surface area contributed by atoms with Gasteiger partial charge >= 0.3 is 0 Å². The first-order chi connectivity index (χ1) is 8.02. The number of rotatable bonds is 3. The Hall–Kier alpha value is -0.190. The lowest BCUT2D eigenvalue weighted by molar-refractivity contribution is 0.0636. The summed E-state index contributed by atoms with van der Waals surface area (Å²) >= 11 is 5.30. The minimum Gasteiger partial charge on any atom is -0.496 e. The molecule has 1 saturated heterocycles. The maximum Gasteiger partial charge on any atom is 0.122 e. The standard InChI is InChI=1S/C13H17BrO2S/c1-9-6-13(15,8-17-9)7-10-5-11(14)3-4-12(10)16-2/h3-5,9,15H,6-8H2,1-2H3. The molecule has 4 heteroatoms. The summed E-state index contributed by atoms with van der Waals surface area (Å²) in [6.07, 6.45) is 1.51. The van der Waals surface area contributed by atoms with Crippen LogP contribution in [0.5, 0.6) is 5.75 Å². The molecule has 2 atom stereocenters. The van der Waals surface area contributed by atoms with E-state index in [1.165, 1.54) is 0 Å². The fourth-order valence-electron chi connectivity index (χ4n) is 2.31. The monoisotopic (exact) mass is 316 g/mol. The van der Waals surface area contributed by atoms with Crippen molar-refractivity contribution in [3.63, 3.8) is 0 Å². The van der Waals surface area contributed by atoms with Gasteiger partial charge < -0.3 is 9.84 Å². The highest BCUT2D eigenvalue weighted by Crippen LogP contribution is 2.38. The second kappa shape index (κ2) is 5.21. The Labute approximate surface area is 115 Å². The van der Waals surface area contributed by atoms with Crippen molar-refractivity contribution in [1.82, 2.24) is 0 Å². The van der Waals surface area contributed by atoms with Crippen LogP contribution in [0.25, 0.3) is 0 Å². The van der Waals surface area contributed by atoms with E-state index in [2.05, 4.69) is 22.9 Å². The van der Waals surface area contributed by atoms with Crippen molar-refractivity contribution < 1.29 is 9.84 Å². The van der Waals surface area contributed by atoms with E-state index in [-0.39, 0.29) is 0 Å². The molecule has 2 unspecified atom stereocenters. The number of aliphatic hydroxyl groups is 1. The number of halogens is 1. The second-order valence-corrected chi connectivity index (χ2v) is 7.03. The molecule has 0 spiro atoms. The zero-order chi connectivity index (χ0) is 12.5. The summed E-state index contributed by atoms with van der Waals surface area (Å²) in [6.45, 7) is 2.17. The smallest absolute Gasteiger partial charge is 0.122 e. The molecular formula is C13H17BrO2S. The lowest BCUT2D eigenvalue weighted by Gasteiger charge is -2.23. The van der Waals surface area contributed by atoms with Gasteiger partial charge in [0.15, 0.2) is 0 Å². The maximum absolute atomic E-state index is 10.5. The van der Waals surface area contributed by atoms with E-state index in [1.807, 2.05) is 30.0 Å². The van der Waals surface area contributed by atoms with Crippen LogP contribution < -0.4 is 4.74 Å². The van der Waals surface area contributed by atoms with E-state index in [9.17, 15) is 5.11 Å². The Morgan fingerprint density at radius 2 is 2.35 bits per heavy atom. The van der Waals surface area contributed by atoms with Gasteiger partial charge in [0.05, 0.1) is 12.7 Å². The van der Waals surface area contributed by atoms with Crippen LogP contribution in [0.15, 0.2) is 22.7 Å². The zero-order valence-electron chi connectivity index (χ0n) is 10.1. The van der Waals surface area contributed by atoms with E-state index < -0.39 is 5.60 Å². The van der Waals surface area contributed by atoms with E-state index in [0.717, 1.165) is 28.0 Å². The molecule has 0 bridgehead atoms. The minimum absolute atomic E-state index is 0.540. The Balaban J connectivity index is 2.20. The average Bonchev–Trinajstić information content (AvgIpc) is 2.59. The van der Waals surface area contributed by atoms with Gasteiger partial charge in [-0.05, 0) is 30.2 Å². The third-order valence-corrected chi connectivity index (χ3v) is 5.00. The largest absolute Gasteiger partial charge is 0.496 e. The maximum atomic E-state index is 10.5. The predicted molar refractivity (Wildman–Crippen MR) is 75.9 cm³/mol. The van der Waals surface area contributed by atoms with Crippen molar-refractivity contribution in [2.45, 2.75) is 30.6 Å². The van der Waals surface area contributed by atoms with Crippen LogP contribution in [0.2, 0.25) is 0 Å². The molecule has 17 heavy (non-hydrogen) atoms. The topological polar surface area (TPSA) is 29.5 Å². The fraction of sp³-hybridized carbons (Fsp3) is 0.538. The van der Waals surface area contributed by atoms with Crippen LogP contribution in [0.4, 0.5) is 0 Å². The molecule has 1 aromatic carbocycles. The first-order valence-corrected chi connectivity index (χ1v) is 7.53. The van der Waals surface area contributed by atoms with E-state index in [1.54, 1.807) is 7.11 Å². The summed E-state index contributed by atoms with van der Waals surface area (Å²) in [5.74, 6) is 1.66. The third-order valence-electron chi connectivity index (χ3n) is 3.07. The van der Waals surface area contributed by atoms with Gasteiger partial charge in [0.25, 0.3) is 0 Å². The van der Waals surface area contributed by atoms with Gasteiger partial charge in [-0.1, -0.05) is 22.9 Å². The average molecular weight is 317 g/mol. The molecule has 1 N–H and O–H groups in total. The normalized spacial score (nSPS) is 28.4. The van der Waals surface area contributed by atoms with E-state index >= 15 is 0 Å². The van der Waals surface area contributed by atoms with Crippen molar-refractivity contribution in [2.24, 2.45) is 0 Å². The number of methoxy groups -OCH3 is 1. The highest BCUT2D eigenvalue weighted by molar-refractivity contribution is 9.10. The summed E-state index contributed by atoms with van der Waals surface area (Å²) in [4.78, 5) is 0. The van der Waals surface area contributed by atoms with E-state index in [0.29, 0.717) is 11.7 Å². The fourth-order valence-corrected chi connectivity index (χ4v) is 3.96.